The summed E-state index contributed by atoms with van der Waals surface area (Å²) in [7, 11) is 0. The minimum atomic E-state index is -0.0935. The third kappa shape index (κ3) is 3.92. The molecule has 2 N–H and O–H groups in total. The zero-order valence-electron chi connectivity index (χ0n) is 16.0. The standard InChI is InChI=1S/C20H20N6OS2/c1-13-18(14(2)26(24-13)15-7-4-3-5-8-15)21-17(27)10-11-25-19(22-23-20(25)28)16-9-6-12-29-16/h3-9,12H,10-11H2,1-2H3,(H,21,27)(H,23,28). The fourth-order valence-electron chi connectivity index (χ4n) is 3.18. The second-order valence-corrected chi connectivity index (χ2v) is 7.91. The van der Waals surface area contributed by atoms with E-state index in [4.69, 9.17) is 12.2 Å². The van der Waals surface area contributed by atoms with E-state index in [9.17, 15) is 4.79 Å². The lowest BCUT2D eigenvalue weighted by Crippen LogP contribution is -2.16. The van der Waals surface area contributed by atoms with Crippen LogP contribution in [0.5, 0.6) is 0 Å². The van der Waals surface area contributed by atoms with Crippen molar-refractivity contribution in [2.24, 2.45) is 0 Å². The minimum absolute atomic E-state index is 0.0935. The molecule has 0 saturated carbocycles. The van der Waals surface area contributed by atoms with Gasteiger partial charge in [0.1, 0.15) is 0 Å². The number of aromatic amines is 1. The molecule has 0 aliphatic rings. The molecule has 0 fully saturated rings. The SMILES string of the molecule is Cc1nn(-c2ccccc2)c(C)c1NC(=O)CCn1c(-c2cccs2)n[nH]c1=S. The number of benzene rings is 1. The van der Waals surface area contributed by atoms with Gasteiger partial charge in [0.15, 0.2) is 10.6 Å². The Kier molecular flexibility index (Phi) is 5.41. The molecule has 0 saturated heterocycles. The molecule has 0 aliphatic carbocycles. The van der Waals surface area contributed by atoms with Crippen LogP contribution in [0.25, 0.3) is 16.4 Å². The number of nitrogens with zero attached hydrogens (tertiary/aromatic N) is 4. The summed E-state index contributed by atoms with van der Waals surface area (Å²) < 4.78 is 4.20. The van der Waals surface area contributed by atoms with Crippen LogP contribution in [-0.4, -0.2) is 30.5 Å². The molecule has 29 heavy (non-hydrogen) atoms. The average Bonchev–Trinajstić information content (AvgIpc) is 3.43. The number of nitrogens with one attached hydrogen (secondary N) is 2. The maximum Gasteiger partial charge on any atom is 0.226 e. The zero-order valence-corrected chi connectivity index (χ0v) is 17.7. The van der Waals surface area contributed by atoms with Gasteiger partial charge in [0.2, 0.25) is 5.91 Å². The Bertz CT molecular complexity index is 1190. The fourth-order valence-corrected chi connectivity index (χ4v) is 4.12. The highest BCUT2D eigenvalue weighted by Gasteiger charge is 2.16. The van der Waals surface area contributed by atoms with Crippen LogP contribution in [0, 0.1) is 18.6 Å². The molecule has 148 valence electrons. The predicted molar refractivity (Wildman–Crippen MR) is 117 cm³/mol. The third-order valence-electron chi connectivity index (χ3n) is 4.62. The number of amides is 1. The van der Waals surface area contributed by atoms with Crippen LogP contribution >= 0.6 is 23.6 Å². The van der Waals surface area contributed by atoms with Gasteiger partial charge in [-0.3, -0.25) is 14.5 Å². The smallest absolute Gasteiger partial charge is 0.226 e. The number of aryl methyl sites for hydroxylation is 1. The van der Waals surface area contributed by atoms with E-state index in [0.717, 1.165) is 33.5 Å². The topological polar surface area (TPSA) is 80.5 Å². The highest BCUT2D eigenvalue weighted by Crippen LogP contribution is 2.24. The Hall–Kier alpha value is -3.04. The van der Waals surface area contributed by atoms with Crippen molar-refractivity contribution in [3.05, 3.63) is 64.0 Å². The first-order valence-corrected chi connectivity index (χ1v) is 10.4. The molecule has 3 aromatic heterocycles. The van der Waals surface area contributed by atoms with Crippen LogP contribution < -0.4 is 5.32 Å². The Morgan fingerprint density at radius 3 is 2.72 bits per heavy atom. The van der Waals surface area contributed by atoms with E-state index in [1.165, 1.54) is 0 Å². The number of para-hydroxylation sites is 1. The monoisotopic (exact) mass is 424 g/mol. The van der Waals surface area contributed by atoms with Crippen molar-refractivity contribution in [2.45, 2.75) is 26.8 Å². The van der Waals surface area contributed by atoms with E-state index in [0.29, 0.717) is 11.3 Å². The normalized spacial score (nSPS) is 11.0. The lowest BCUT2D eigenvalue weighted by atomic mass is 10.2. The van der Waals surface area contributed by atoms with Gasteiger partial charge in [-0.1, -0.05) is 24.3 Å². The number of carbonyl (C=O) groups is 1. The van der Waals surface area contributed by atoms with E-state index < -0.39 is 0 Å². The van der Waals surface area contributed by atoms with E-state index in [1.807, 2.05) is 70.9 Å². The lowest BCUT2D eigenvalue weighted by Gasteiger charge is -2.08. The van der Waals surface area contributed by atoms with Crippen molar-refractivity contribution in [3.8, 4) is 16.4 Å². The second kappa shape index (κ2) is 8.14. The molecule has 7 nitrogen and oxygen atoms in total. The number of rotatable bonds is 6. The molecule has 3 heterocycles. The van der Waals surface area contributed by atoms with E-state index in [1.54, 1.807) is 11.3 Å². The van der Waals surface area contributed by atoms with Crippen LogP contribution in [0.4, 0.5) is 5.69 Å². The Balaban J connectivity index is 1.49. The first-order chi connectivity index (χ1) is 14.0. The molecule has 0 aliphatic heterocycles. The van der Waals surface area contributed by atoms with Crippen molar-refractivity contribution >= 4 is 35.1 Å². The number of carbonyl (C=O) groups excluding carboxylic acids is 1. The van der Waals surface area contributed by atoms with Crippen molar-refractivity contribution in [1.29, 1.82) is 0 Å². The number of aromatic nitrogens is 5. The molecule has 0 spiro atoms. The summed E-state index contributed by atoms with van der Waals surface area (Å²) in [4.78, 5) is 13.7. The minimum Gasteiger partial charge on any atom is -0.323 e. The van der Waals surface area contributed by atoms with Gasteiger partial charge in [-0.2, -0.15) is 10.2 Å². The van der Waals surface area contributed by atoms with Crippen molar-refractivity contribution < 1.29 is 4.79 Å². The van der Waals surface area contributed by atoms with Gasteiger partial charge >= 0.3 is 0 Å². The highest BCUT2D eigenvalue weighted by atomic mass is 32.1. The van der Waals surface area contributed by atoms with E-state index in [-0.39, 0.29) is 12.3 Å². The molecule has 1 aromatic carbocycles. The molecule has 4 rings (SSSR count). The first-order valence-electron chi connectivity index (χ1n) is 9.15. The lowest BCUT2D eigenvalue weighted by molar-refractivity contribution is -0.116. The molecule has 0 bridgehead atoms. The number of hydrogen-bond donors (Lipinski definition) is 2. The number of thiophene rings is 1. The third-order valence-corrected chi connectivity index (χ3v) is 5.80. The van der Waals surface area contributed by atoms with Crippen LogP contribution in [-0.2, 0) is 11.3 Å². The molecular weight excluding hydrogens is 404 g/mol. The van der Waals surface area contributed by atoms with Gasteiger partial charge < -0.3 is 5.32 Å². The summed E-state index contributed by atoms with van der Waals surface area (Å²) in [6, 6.07) is 13.8. The van der Waals surface area contributed by atoms with Gasteiger partial charge in [0, 0.05) is 13.0 Å². The zero-order chi connectivity index (χ0) is 20.4. The van der Waals surface area contributed by atoms with Crippen LogP contribution in [0.3, 0.4) is 0 Å². The summed E-state index contributed by atoms with van der Waals surface area (Å²) in [5.41, 5.74) is 3.37. The summed E-state index contributed by atoms with van der Waals surface area (Å²) in [6.07, 6.45) is 0.279. The van der Waals surface area contributed by atoms with E-state index >= 15 is 0 Å². The quantitative estimate of drug-likeness (QED) is 0.447. The average molecular weight is 425 g/mol. The largest absolute Gasteiger partial charge is 0.323 e. The van der Waals surface area contributed by atoms with Crippen LogP contribution in [0.2, 0.25) is 0 Å². The van der Waals surface area contributed by atoms with Gasteiger partial charge in [-0.15, -0.1) is 11.3 Å². The Morgan fingerprint density at radius 2 is 2.00 bits per heavy atom. The summed E-state index contributed by atoms with van der Waals surface area (Å²) in [6.45, 7) is 4.28. The highest BCUT2D eigenvalue weighted by molar-refractivity contribution is 7.71. The first kappa shape index (κ1) is 19.3. The molecular formula is C20H20N6OS2. The van der Waals surface area contributed by atoms with E-state index in [2.05, 4.69) is 20.6 Å². The molecule has 4 aromatic rings. The van der Waals surface area contributed by atoms with Crippen molar-refractivity contribution in [1.82, 2.24) is 24.5 Å². The number of hydrogen-bond acceptors (Lipinski definition) is 5. The van der Waals surface area contributed by atoms with Crippen LogP contribution in [0.1, 0.15) is 17.8 Å². The summed E-state index contributed by atoms with van der Waals surface area (Å²) in [5, 5.41) is 16.7. The van der Waals surface area contributed by atoms with Gasteiger partial charge in [0.25, 0.3) is 0 Å². The van der Waals surface area contributed by atoms with Gasteiger partial charge in [-0.25, -0.2) is 4.68 Å². The number of anilines is 1. The molecule has 9 heteroatoms. The fraction of sp³-hybridized carbons (Fsp3) is 0.200. The van der Waals surface area contributed by atoms with Gasteiger partial charge in [-0.05, 0) is 49.6 Å². The summed E-state index contributed by atoms with van der Waals surface area (Å²) in [5.74, 6) is 0.658. The number of H-pyrrole nitrogens is 1. The van der Waals surface area contributed by atoms with Crippen LogP contribution in [0.15, 0.2) is 47.8 Å². The molecule has 0 unspecified atom stereocenters. The molecule has 1 amide bonds. The molecule has 0 atom stereocenters. The van der Waals surface area contributed by atoms with Gasteiger partial charge in [0.05, 0.1) is 27.6 Å². The van der Waals surface area contributed by atoms with Crippen molar-refractivity contribution in [2.75, 3.05) is 5.32 Å². The maximum atomic E-state index is 12.6. The predicted octanol–water partition coefficient (Wildman–Crippen LogP) is 4.50. The Labute approximate surface area is 177 Å². The summed E-state index contributed by atoms with van der Waals surface area (Å²) >= 11 is 6.92. The Morgan fingerprint density at radius 1 is 1.21 bits per heavy atom. The van der Waals surface area contributed by atoms with Crippen molar-refractivity contribution in [3.63, 3.8) is 0 Å². The molecule has 0 radical (unpaired) electrons. The second-order valence-electron chi connectivity index (χ2n) is 6.57. The maximum absolute atomic E-state index is 12.6.